The number of H-pyrrole nitrogens is 1. The molecule has 0 spiro atoms. The van der Waals surface area contributed by atoms with Crippen LogP contribution in [0.2, 0.25) is 16.6 Å². The molecule has 1 fully saturated rings. The molecule has 45 heteroatoms. The van der Waals surface area contributed by atoms with E-state index in [0.717, 1.165) is 85.1 Å². The average molecular weight is 1880 g/mol. The Morgan fingerprint density at radius 3 is 1.36 bits per heavy atom. The highest BCUT2D eigenvalue weighted by Gasteiger charge is 2.55. The topological polar surface area (TPSA) is 486 Å². The third-order valence-corrected chi connectivity index (χ3v) is 33.0. The van der Waals surface area contributed by atoms with Crippen molar-refractivity contribution < 1.29 is 88.7 Å². The van der Waals surface area contributed by atoms with Gasteiger partial charge in [-0.15, -0.1) is 0 Å². The first-order chi connectivity index (χ1) is 58.2. The van der Waals surface area contributed by atoms with Crippen LogP contribution in [0.15, 0.2) is 123 Å². The number of hydrogen-bond donors (Lipinski definition) is 11. The van der Waals surface area contributed by atoms with E-state index in [0.29, 0.717) is 92.5 Å². The van der Waals surface area contributed by atoms with Gasteiger partial charge in [0.15, 0.2) is 8.24 Å². The molecule has 0 unspecified atom stereocenters. The number of unbranched alkanes of at least 4 members (excludes halogenated alkanes) is 3. The lowest BCUT2D eigenvalue weighted by Crippen LogP contribution is -2.51. The van der Waals surface area contributed by atoms with Crippen LogP contribution in [0, 0.1) is 27.7 Å². The average Bonchev–Trinajstić information content (AvgIpc) is 1.58. The Bertz CT molecular complexity index is 5560. The molecule has 6 heterocycles. The number of nitrogens with zero attached hydrogens (tertiary/aromatic N) is 8. The fourth-order valence-corrected chi connectivity index (χ4v) is 24.8. The molecule has 1 saturated heterocycles. The lowest BCUT2D eigenvalue weighted by atomic mass is 9.81. The second kappa shape index (κ2) is 44.1. The first-order valence-corrected chi connectivity index (χ1v) is 50.6. The van der Waals surface area contributed by atoms with E-state index < -0.39 is 97.2 Å². The van der Waals surface area contributed by atoms with Gasteiger partial charge in [-0.25, -0.2) is 67.2 Å². The molecule has 12 N–H and O–H groups in total. The van der Waals surface area contributed by atoms with Gasteiger partial charge >= 0.3 is 55.3 Å². The smallest absolute Gasteiger partial charge is 0.508 e. The van der Waals surface area contributed by atoms with E-state index in [-0.39, 0.29) is 37.2 Å². The number of benzene rings is 4. The van der Waals surface area contributed by atoms with E-state index in [1.807, 2.05) is 49.2 Å². The number of aromatic hydroxyl groups is 1. The minimum absolute atomic E-state index is 0.164. The van der Waals surface area contributed by atoms with Crippen LogP contribution < -0.4 is 53.9 Å². The molecule has 10 rings (SSSR count). The maximum absolute atomic E-state index is 12.4. The Morgan fingerprint density at radius 1 is 0.563 bits per heavy atom. The predicted octanol–water partition coefficient (Wildman–Crippen LogP) is 13.0. The Morgan fingerprint density at radius 2 is 0.960 bits per heavy atom. The highest BCUT2D eigenvalue weighted by Crippen LogP contribution is 2.44. The lowest BCUT2D eigenvalue weighted by molar-refractivity contribution is -0.0434. The molecule has 126 heavy (non-hydrogen) atoms. The molecule has 35 nitrogen and oxygen atoms in total. The largest absolute Gasteiger partial charge is 0.517 e. The fourth-order valence-electron chi connectivity index (χ4n) is 13.7. The molecule has 1 aliphatic rings. The highest BCUT2D eigenvalue weighted by atomic mass is 32.3. The Hall–Kier alpha value is -9.42. The van der Waals surface area contributed by atoms with Crippen molar-refractivity contribution in [3.8, 4) is 16.9 Å². The quantitative estimate of drug-likeness (QED) is 0.0138. The number of aryl methyl sites for hydroxylation is 4. The minimum Gasteiger partial charge on any atom is -0.508 e. The highest BCUT2D eigenvalue weighted by molar-refractivity contribution is 8.10. The number of carbonyl (C=O) groups is 2. The number of alkyl halides is 3. The number of carbonyl (C=O) groups excluding carboxylic acids is 2. The standard InChI is InChI=1S/C19H36BNO2Si.C19H29N5O4S.C18H27N5O5S.C17H22N6O2S.C8H8F3NO4S2/c1-14(2)24(15(3)4,16(5)6)21-12-11-17(13-21)20-22-18(7,8)19(9,10)23-20;1-13-10-15-16(11-14(13)2)21-12-22-17(15)20-8-6-7-9-23-29(26,27)24-18(25)28-19(3,4)5;1-12-9-13-14(10-15(12)24)20-11-21-16(13)19-7-5-6-8-22-29(26,27)23-17(25)28-18(2,3)4;1-12-8-15-16(9-14(12)13-4-7-19-10-13)21-11-22-17(15)20-5-2-3-6-23-26(18,24)25;1-17(13,14)12(7-5-3-2-4-6-7)18(15,16)8(9,10)11/h11-16H,1-10H3;10-12,23H,6-9H2,1-5H3,(H,24,25)(H,20,21,22);9-11,22,24H,5-8H2,1-4H3,(H,23,25)(H,19,20,21);4,7-11,19,23H,2-3,5-6H2,1H3,(H2,18,24,25)(H,20,21,22);2-6H,1H3. The van der Waals surface area contributed by atoms with E-state index in [2.05, 4.69) is 182 Å². The van der Waals surface area contributed by atoms with Crippen LogP contribution in [0.1, 0.15) is 172 Å². The van der Waals surface area contributed by atoms with E-state index in [1.54, 1.807) is 65.6 Å². The number of nitrogens with two attached hydrogens (primary N) is 1. The van der Waals surface area contributed by atoms with Crippen LogP contribution in [0.4, 0.5) is 45.9 Å². The number of fused-ring (bicyclic) bond motifs is 3. The molecule has 9 aromatic rings. The molecule has 0 saturated carbocycles. The number of nitrogens with one attached hydrogen (secondary N) is 9. The number of aromatic nitrogens is 8. The van der Waals surface area contributed by atoms with Crippen molar-refractivity contribution in [2.45, 2.75) is 222 Å². The number of aromatic amines is 1. The van der Waals surface area contributed by atoms with Crippen molar-refractivity contribution in [2.75, 3.05) is 65.2 Å². The summed E-state index contributed by atoms with van der Waals surface area (Å²) in [6.45, 7) is 43.2. The molecule has 1 aliphatic heterocycles. The van der Waals surface area contributed by atoms with Crippen molar-refractivity contribution in [3.05, 3.63) is 145 Å². The summed E-state index contributed by atoms with van der Waals surface area (Å²) < 4.78 is 186. The minimum atomic E-state index is -6.00. The first kappa shape index (κ1) is 105. The number of anilines is 4. The van der Waals surface area contributed by atoms with E-state index in [1.165, 1.54) is 42.0 Å². The molecule has 0 atom stereocenters. The summed E-state index contributed by atoms with van der Waals surface area (Å²) in [5, 5.41) is 27.2. The molecular formula is C81H122BF3N18O17S5Si. The molecule has 0 bridgehead atoms. The van der Waals surface area contributed by atoms with Gasteiger partial charge in [-0.2, -0.15) is 60.0 Å². The number of phenolic OH excluding ortho intramolecular Hbond substituents is 1. The summed E-state index contributed by atoms with van der Waals surface area (Å²) in [7, 11) is -24.1. The summed E-state index contributed by atoms with van der Waals surface area (Å²) in [5.41, 5.74) is 3.60. The molecule has 0 radical (unpaired) electrons. The second-order valence-corrected chi connectivity index (χ2v) is 47.9. The number of sulfonamides is 2. The molecule has 696 valence electrons. The summed E-state index contributed by atoms with van der Waals surface area (Å²) in [5.74, 6) is 2.35. The number of ether oxygens (including phenoxy) is 2. The number of phenols is 1. The maximum Gasteiger partial charge on any atom is 0.517 e. The SMILES string of the molecule is CC(C)[Si](C(C)C)(C(C)C)n1ccc(B2OC(C)(C)C(C)(C)O2)c1.CS(=O)(=O)N(c1ccccc1)S(=O)(=O)C(F)(F)F.Cc1cc2c(NCCCCNS(=O)(=O)NC(=O)OC(C)(C)C)ncnc2cc1O.Cc1cc2c(NCCCCNS(N)(=O)=O)ncnc2cc1-c1cc[nH]c1.Cc1cc2ncnc(NCCCCNS(=O)(=O)NC(=O)OC(C)(C)C)c2cc1C. The third-order valence-electron chi connectivity index (χ3n) is 20.1. The van der Waals surface area contributed by atoms with Crippen molar-refractivity contribution in [1.82, 2.24) is 62.7 Å². The van der Waals surface area contributed by atoms with Crippen molar-refractivity contribution in [2.24, 2.45) is 5.14 Å². The lowest BCUT2D eigenvalue weighted by Gasteiger charge is -2.44. The summed E-state index contributed by atoms with van der Waals surface area (Å²) in [6, 6.07) is 21.6. The van der Waals surface area contributed by atoms with Crippen molar-refractivity contribution >= 4 is 140 Å². The monoisotopic (exact) mass is 1870 g/mol. The van der Waals surface area contributed by atoms with Crippen molar-refractivity contribution in [3.63, 3.8) is 0 Å². The van der Waals surface area contributed by atoms with Gasteiger partial charge < -0.3 is 49.1 Å². The van der Waals surface area contributed by atoms with Crippen LogP contribution in [0.5, 0.6) is 5.75 Å². The van der Waals surface area contributed by atoms with E-state index in [9.17, 15) is 70.0 Å². The number of amides is 2. The molecule has 0 aliphatic carbocycles. The van der Waals surface area contributed by atoms with Crippen LogP contribution in [-0.2, 0) is 69.5 Å². The summed E-state index contributed by atoms with van der Waals surface area (Å²) in [4.78, 5) is 51.8. The van der Waals surface area contributed by atoms with E-state index >= 15 is 0 Å². The van der Waals surface area contributed by atoms with E-state index in [4.69, 9.17) is 23.9 Å². The van der Waals surface area contributed by atoms with Gasteiger partial charge in [0.05, 0.1) is 39.7 Å². The zero-order valence-corrected chi connectivity index (χ0v) is 80.2. The van der Waals surface area contributed by atoms with Gasteiger partial charge in [-0.1, -0.05) is 59.7 Å². The normalized spacial score (nSPS) is 13.8. The second-order valence-electron chi connectivity index (χ2n) is 33.9. The Kier molecular flexibility index (Phi) is 36.8. The van der Waals surface area contributed by atoms with Gasteiger partial charge in [0, 0.05) is 73.9 Å². The van der Waals surface area contributed by atoms with Crippen LogP contribution in [0.3, 0.4) is 0 Å². The zero-order chi connectivity index (χ0) is 94.6. The number of hydrogen-bond acceptors (Lipinski definition) is 26. The van der Waals surface area contributed by atoms with Crippen LogP contribution in [0.25, 0.3) is 43.8 Å². The fraction of sp³-hybridized carbons (Fsp3) is 0.506. The van der Waals surface area contributed by atoms with Crippen LogP contribution in [-0.4, -0.2) is 187 Å². The molecular weight excluding hydrogens is 1750 g/mol. The van der Waals surface area contributed by atoms with Crippen molar-refractivity contribution in [1.29, 1.82) is 0 Å². The van der Waals surface area contributed by atoms with Gasteiger partial charge in [-0.3, -0.25) is 0 Å². The summed E-state index contributed by atoms with van der Waals surface area (Å²) in [6.07, 6.45) is 15.2. The molecule has 2 amide bonds. The third kappa shape index (κ3) is 30.9. The number of rotatable bonds is 32. The van der Waals surface area contributed by atoms with Gasteiger partial charge in [-0.05, 0) is 258 Å². The van der Waals surface area contributed by atoms with Gasteiger partial charge in [0.2, 0.25) is 10.0 Å². The number of halogens is 3. The Balaban J connectivity index is 0.000000245. The summed E-state index contributed by atoms with van der Waals surface area (Å²) >= 11 is 0. The molecule has 5 aromatic heterocycles. The first-order valence-electron chi connectivity index (χ1n) is 40.7. The Labute approximate surface area is 740 Å². The molecule has 4 aromatic carbocycles. The predicted molar refractivity (Wildman–Crippen MR) is 491 cm³/mol. The maximum atomic E-state index is 12.4. The zero-order valence-electron chi connectivity index (χ0n) is 75.2. The van der Waals surface area contributed by atoms with Crippen LogP contribution >= 0.6 is 0 Å². The number of para-hydroxylation sites is 1. The van der Waals surface area contributed by atoms with Gasteiger partial charge in [0.1, 0.15) is 53.4 Å². The van der Waals surface area contributed by atoms with Gasteiger partial charge in [0.25, 0.3) is 10.2 Å².